The van der Waals surface area contributed by atoms with Gasteiger partial charge in [0.15, 0.2) is 11.5 Å². The van der Waals surface area contributed by atoms with Crippen LogP contribution in [0.2, 0.25) is 0 Å². The molecule has 4 rings (SSSR count). The minimum Gasteiger partial charge on any atom is -0.351 e. The van der Waals surface area contributed by atoms with Crippen molar-refractivity contribution in [2.75, 3.05) is 31.1 Å². The van der Waals surface area contributed by atoms with Gasteiger partial charge in [0.2, 0.25) is 0 Å². The maximum Gasteiger partial charge on any atom is 0.437 e. The second-order valence-electron chi connectivity index (χ2n) is 7.96. The fourth-order valence-electron chi connectivity index (χ4n) is 3.71. The van der Waals surface area contributed by atoms with Gasteiger partial charge >= 0.3 is 6.18 Å². The lowest BCUT2D eigenvalue weighted by Crippen LogP contribution is -2.49. The number of piperazine rings is 1. The third-order valence-electron chi connectivity index (χ3n) is 5.69. The van der Waals surface area contributed by atoms with Gasteiger partial charge in [-0.3, -0.25) is 4.79 Å². The second-order valence-corrected chi connectivity index (χ2v) is 7.96. The summed E-state index contributed by atoms with van der Waals surface area (Å²) >= 11 is 0. The highest BCUT2D eigenvalue weighted by molar-refractivity contribution is 5.94. The molecule has 1 aliphatic heterocycles. The minimum atomic E-state index is -4.62. The van der Waals surface area contributed by atoms with Crippen LogP contribution in [0.1, 0.15) is 32.7 Å². The highest BCUT2D eigenvalue weighted by Crippen LogP contribution is 2.36. The summed E-state index contributed by atoms with van der Waals surface area (Å²) in [7, 11) is 0. The van der Waals surface area contributed by atoms with Crippen LogP contribution in [-0.4, -0.2) is 47.0 Å². The van der Waals surface area contributed by atoms with E-state index in [1.807, 2.05) is 32.9 Å². The number of hydrogen-bond acceptors (Lipinski definition) is 4. The molecule has 0 spiro atoms. The summed E-state index contributed by atoms with van der Waals surface area (Å²) in [5, 5.41) is 0. The first-order chi connectivity index (χ1) is 14.6. The van der Waals surface area contributed by atoms with Crippen molar-refractivity contribution < 1.29 is 18.0 Å². The Morgan fingerprint density at radius 2 is 1.42 bits per heavy atom. The number of anilines is 1. The standard InChI is InChI=1S/C23H23F3N4O/c1-14-4-6-17(7-5-14)22(31)30-10-8-29(9-11-30)21-20(23(24,25)26)27-18-12-15(2)16(3)13-19(18)28-21/h4-7,12-13H,8-11H2,1-3H3. The van der Waals surface area contributed by atoms with Gasteiger partial charge in [0.1, 0.15) is 0 Å². The van der Waals surface area contributed by atoms with Gasteiger partial charge in [0, 0.05) is 31.7 Å². The highest BCUT2D eigenvalue weighted by Gasteiger charge is 2.39. The van der Waals surface area contributed by atoms with Crippen LogP contribution in [-0.2, 0) is 6.18 Å². The Balaban J connectivity index is 1.61. The Kier molecular flexibility index (Phi) is 5.33. The number of hydrogen-bond donors (Lipinski definition) is 0. The number of halogens is 3. The summed E-state index contributed by atoms with van der Waals surface area (Å²) in [5.74, 6) is -0.294. The fourth-order valence-corrected chi connectivity index (χ4v) is 3.71. The van der Waals surface area contributed by atoms with Crippen LogP contribution < -0.4 is 4.90 Å². The first-order valence-corrected chi connectivity index (χ1v) is 10.1. The number of alkyl halides is 3. The summed E-state index contributed by atoms with van der Waals surface area (Å²) in [6.07, 6.45) is -4.62. The molecule has 0 unspecified atom stereocenters. The molecule has 1 fully saturated rings. The zero-order valence-electron chi connectivity index (χ0n) is 17.6. The third kappa shape index (κ3) is 4.19. The molecular formula is C23H23F3N4O. The van der Waals surface area contributed by atoms with Crippen molar-refractivity contribution in [2.24, 2.45) is 0 Å². The lowest BCUT2D eigenvalue weighted by molar-refractivity contribution is -0.140. The minimum absolute atomic E-state index is 0.119. The van der Waals surface area contributed by atoms with E-state index in [4.69, 9.17) is 0 Å². The van der Waals surface area contributed by atoms with Crippen LogP contribution in [0.5, 0.6) is 0 Å². The molecule has 1 amide bonds. The highest BCUT2D eigenvalue weighted by atomic mass is 19.4. The Morgan fingerprint density at radius 3 is 1.97 bits per heavy atom. The molecule has 162 valence electrons. The van der Waals surface area contributed by atoms with Crippen LogP contribution in [0, 0.1) is 20.8 Å². The number of aromatic nitrogens is 2. The number of amides is 1. The molecule has 0 atom stereocenters. The lowest BCUT2D eigenvalue weighted by Gasteiger charge is -2.36. The molecule has 0 N–H and O–H groups in total. The Labute approximate surface area is 178 Å². The van der Waals surface area contributed by atoms with E-state index in [1.165, 1.54) is 0 Å². The summed E-state index contributed by atoms with van der Waals surface area (Å²) in [5.41, 5.74) is 3.12. The first-order valence-electron chi connectivity index (χ1n) is 10.1. The van der Waals surface area contributed by atoms with E-state index >= 15 is 0 Å². The topological polar surface area (TPSA) is 49.3 Å². The number of benzene rings is 2. The molecule has 1 aromatic heterocycles. The van der Waals surface area contributed by atoms with Crippen molar-refractivity contribution in [3.05, 3.63) is 64.3 Å². The average Bonchev–Trinajstić information content (AvgIpc) is 2.73. The molecule has 8 heteroatoms. The molecule has 0 saturated carbocycles. The number of carbonyl (C=O) groups is 1. The number of nitrogens with zero attached hydrogens (tertiary/aromatic N) is 4. The quantitative estimate of drug-likeness (QED) is 0.602. The van der Waals surface area contributed by atoms with Crippen LogP contribution in [0.15, 0.2) is 36.4 Å². The van der Waals surface area contributed by atoms with E-state index in [0.717, 1.165) is 16.7 Å². The Hall–Kier alpha value is -3.16. The van der Waals surface area contributed by atoms with Crippen molar-refractivity contribution in [1.29, 1.82) is 0 Å². The van der Waals surface area contributed by atoms with Crippen LogP contribution in [0.3, 0.4) is 0 Å². The maximum absolute atomic E-state index is 13.8. The number of rotatable bonds is 2. The van der Waals surface area contributed by atoms with Crippen molar-refractivity contribution >= 4 is 22.8 Å². The largest absolute Gasteiger partial charge is 0.437 e. The normalized spacial score (nSPS) is 14.9. The predicted molar refractivity (Wildman–Crippen MR) is 113 cm³/mol. The van der Waals surface area contributed by atoms with Gasteiger partial charge in [-0.1, -0.05) is 17.7 Å². The summed E-state index contributed by atoms with van der Waals surface area (Å²) in [6.45, 7) is 6.81. The van der Waals surface area contributed by atoms with Gasteiger partial charge < -0.3 is 9.80 Å². The summed E-state index contributed by atoms with van der Waals surface area (Å²) in [6, 6.07) is 10.7. The Bertz CT molecular complexity index is 1130. The molecule has 1 aliphatic rings. The van der Waals surface area contributed by atoms with E-state index in [0.29, 0.717) is 24.2 Å². The van der Waals surface area contributed by atoms with Gasteiger partial charge in [-0.05, 0) is 56.2 Å². The number of carbonyl (C=O) groups excluding carboxylic acids is 1. The van der Waals surface area contributed by atoms with Gasteiger partial charge in [0.05, 0.1) is 11.0 Å². The number of aryl methyl sites for hydroxylation is 3. The molecule has 3 aromatic rings. The molecule has 2 aromatic carbocycles. The van der Waals surface area contributed by atoms with Crippen LogP contribution in [0.4, 0.5) is 19.0 Å². The Morgan fingerprint density at radius 1 is 0.871 bits per heavy atom. The average molecular weight is 428 g/mol. The van der Waals surface area contributed by atoms with Crippen molar-refractivity contribution in [3.8, 4) is 0 Å². The monoisotopic (exact) mass is 428 g/mol. The zero-order valence-corrected chi connectivity index (χ0v) is 17.6. The molecule has 0 bridgehead atoms. The molecule has 31 heavy (non-hydrogen) atoms. The lowest BCUT2D eigenvalue weighted by atomic mass is 10.1. The van der Waals surface area contributed by atoms with Gasteiger partial charge in [-0.15, -0.1) is 0 Å². The first kappa shape index (κ1) is 21.1. The fraction of sp³-hybridized carbons (Fsp3) is 0.348. The second kappa shape index (κ2) is 7.83. The molecule has 5 nitrogen and oxygen atoms in total. The number of fused-ring (bicyclic) bond motifs is 1. The SMILES string of the molecule is Cc1ccc(C(=O)N2CCN(c3nc4cc(C)c(C)cc4nc3C(F)(F)F)CC2)cc1. The van der Waals surface area contributed by atoms with Gasteiger partial charge in [-0.25, -0.2) is 9.97 Å². The molecule has 2 heterocycles. The van der Waals surface area contributed by atoms with Gasteiger partial charge in [0.25, 0.3) is 5.91 Å². The van der Waals surface area contributed by atoms with E-state index in [1.54, 1.807) is 34.1 Å². The smallest absolute Gasteiger partial charge is 0.351 e. The van der Waals surface area contributed by atoms with E-state index in [-0.39, 0.29) is 30.3 Å². The van der Waals surface area contributed by atoms with Crippen LogP contribution in [0.25, 0.3) is 11.0 Å². The predicted octanol–water partition coefficient (Wildman–Crippen LogP) is 4.54. The molecular weight excluding hydrogens is 405 g/mol. The van der Waals surface area contributed by atoms with Crippen molar-refractivity contribution in [1.82, 2.24) is 14.9 Å². The van der Waals surface area contributed by atoms with Crippen LogP contribution >= 0.6 is 0 Å². The van der Waals surface area contributed by atoms with Crippen molar-refractivity contribution in [2.45, 2.75) is 26.9 Å². The van der Waals surface area contributed by atoms with Crippen molar-refractivity contribution in [3.63, 3.8) is 0 Å². The molecule has 0 radical (unpaired) electrons. The van der Waals surface area contributed by atoms with E-state index < -0.39 is 11.9 Å². The summed E-state index contributed by atoms with van der Waals surface area (Å²) in [4.78, 5) is 24.2. The zero-order chi connectivity index (χ0) is 22.3. The van der Waals surface area contributed by atoms with Gasteiger partial charge in [-0.2, -0.15) is 13.2 Å². The van der Waals surface area contributed by atoms with E-state index in [9.17, 15) is 18.0 Å². The van der Waals surface area contributed by atoms with E-state index in [2.05, 4.69) is 9.97 Å². The molecule has 0 aliphatic carbocycles. The molecule has 1 saturated heterocycles. The maximum atomic E-state index is 13.8. The third-order valence-corrected chi connectivity index (χ3v) is 5.69. The summed E-state index contributed by atoms with van der Waals surface area (Å²) < 4.78 is 41.3.